The molecule has 0 aliphatic heterocycles. The predicted molar refractivity (Wildman–Crippen MR) is 76.9 cm³/mol. The van der Waals surface area contributed by atoms with Crippen LogP contribution in [0, 0.1) is 13.8 Å². The van der Waals surface area contributed by atoms with E-state index in [-0.39, 0.29) is 5.78 Å². The Kier molecular flexibility index (Phi) is 4.44. The summed E-state index contributed by atoms with van der Waals surface area (Å²) in [5.74, 6) is 1.04. The number of rotatable bonds is 4. The number of carbonyl (C=O) groups is 1. The van der Waals surface area contributed by atoms with Gasteiger partial charge in [-0.3, -0.25) is 4.79 Å². The monoisotopic (exact) mass is 310 g/mol. The normalized spacial score (nSPS) is 15.9. The molecule has 2 nitrogen and oxygen atoms in total. The first kappa shape index (κ1) is 13.6. The molecule has 1 aliphatic rings. The van der Waals surface area contributed by atoms with Crippen molar-refractivity contribution >= 4 is 21.7 Å². The number of benzene rings is 1. The van der Waals surface area contributed by atoms with Crippen molar-refractivity contribution in [2.45, 2.75) is 45.6 Å². The van der Waals surface area contributed by atoms with E-state index < -0.39 is 0 Å². The van der Waals surface area contributed by atoms with Gasteiger partial charge in [0.15, 0.2) is 5.78 Å². The molecular formula is C15H19BrO2. The highest BCUT2D eigenvalue weighted by atomic mass is 79.9. The molecule has 3 heteroatoms. The van der Waals surface area contributed by atoms with E-state index in [0.717, 1.165) is 35.3 Å². The van der Waals surface area contributed by atoms with Gasteiger partial charge in [-0.1, -0.05) is 15.9 Å². The van der Waals surface area contributed by atoms with Crippen molar-refractivity contribution in [3.63, 3.8) is 0 Å². The first-order valence-corrected chi connectivity index (χ1v) is 7.61. The Labute approximate surface area is 117 Å². The van der Waals surface area contributed by atoms with Gasteiger partial charge in [-0.25, -0.2) is 0 Å². The molecule has 98 valence electrons. The molecule has 0 saturated heterocycles. The predicted octanol–water partition coefficient (Wildman–Crippen LogP) is 4.20. The minimum absolute atomic E-state index is 0.136. The van der Waals surface area contributed by atoms with Gasteiger partial charge in [-0.2, -0.15) is 0 Å². The summed E-state index contributed by atoms with van der Waals surface area (Å²) in [6, 6.07) is 3.97. The van der Waals surface area contributed by atoms with Gasteiger partial charge in [0.2, 0.25) is 0 Å². The van der Waals surface area contributed by atoms with Crippen LogP contribution in [0.5, 0.6) is 5.75 Å². The summed E-state index contributed by atoms with van der Waals surface area (Å²) in [6.07, 6.45) is 5.20. The third-order valence-electron chi connectivity index (χ3n) is 3.51. The van der Waals surface area contributed by atoms with Crippen LogP contribution in [0.15, 0.2) is 12.1 Å². The van der Waals surface area contributed by atoms with E-state index in [1.54, 1.807) is 0 Å². The average Bonchev–Trinajstić information content (AvgIpc) is 2.80. The molecule has 0 N–H and O–H groups in total. The van der Waals surface area contributed by atoms with Crippen LogP contribution in [0.2, 0.25) is 0 Å². The van der Waals surface area contributed by atoms with Crippen LogP contribution in [-0.2, 0) is 0 Å². The number of Topliss-reactive ketones (excluding diaryl/α,β-unsaturated/α-hetero) is 1. The quantitative estimate of drug-likeness (QED) is 0.615. The molecule has 0 heterocycles. The molecule has 0 atom stereocenters. The molecule has 18 heavy (non-hydrogen) atoms. The smallest absolute Gasteiger partial charge is 0.173 e. The second-order valence-electron chi connectivity index (χ2n) is 5.01. The summed E-state index contributed by atoms with van der Waals surface area (Å²) in [5, 5.41) is 0.373. The van der Waals surface area contributed by atoms with Gasteiger partial charge in [-0.15, -0.1) is 0 Å². The Bertz CT molecular complexity index is 425. The molecule has 1 aliphatic carbocycles. The lowest BCUT2D eigenvalue weighted by Crippen LogP contribution is -2.12. The molecule has 0 aromatic heterocycles. The van der Waals surface area contributed by atoms with E-state index in [1.807, 2.05) is 26.0 Å². The van der Waals surface area contributed by atoms with Crippen LogP contribution in [0.3, 0.4) is 0 Å². The van der Waals surface area contributed by atoms with Crippen molar-refractivity contribution in [1.29, 1.82) is 0 Å². The Morgan fingerprint density at radius 2 is 1.83 bits per heavy atom. The van der Waals surface area contributed by atoms with Crippen molar-refractivity contribution in [3.05, 3.63) is 28.8 Å². The molecule has 0 bridgehead atoms. The van der Waals surface area contributed by atoms with Crippen LogP contribution in [-0.4, -0.2) is 17.2 Å². The van der Waals surface area contributed by atoms with Crippen molar-refractivity contribution in [1.82, 2.24) is 0 Å². The number of alkyl halides is 1. The van der Waals surface area contributed by atoms with Crippen LogP contribution < -0.4 is 4.74 Å². The highest BCUT2D eigenvalue weighted by Gasteiger charge is 2.18. The minimum Gasteiger partial charge on any atom is -0.490 e. The molecule has 0 spiro atoms. The third kappa shape index (κ3) is 2.94. The number of ether oxygens (including phenoxy) is 1. The number of carbonyl (C=O) groups excluding carboxylic acids is 1. The van der Waals surface area contributed by atoms with Crippen molar-refractivity contribution in [3.8, 4) is 5.75 Å². The summed E-state index contributed by atoms with van der Waals surface area (Å²) < 4.78 is 5.98. The fourth-order valence-corrected chi connectivity index (χ4v) is 2.98. The zero-order chi connectivity index (χ0) is 13.1. The zero-order valence-corrected chi connectivity index (χ0v) is 12.5. The molecule has 0 radical (unpaired) electrons. The second-order valence-corrected chi connectivity index (χ2v) is 5.57. The SMILES string of the molecule is Cc1cc(OC2CCCC2)cc(C)c1C(=O)CBr. The van der Waals surface area contributed by atoms with Crippen molar-refractivity contribution in [2.24, 2.45) is 0 Å². The van der Waals surface area contributed by atoms with Gasteiger partial charge in [0.25, 0.3) is 0 Å². The zero-order valence-electron chi connectivity index (χ0n) is 11.0. The Morgan fingerprint density at radius 1 is 1.28 bits per heavy atom. The molecule has 1 aromatic carbocycles. The van der Waals surface area contributed by atoms with Crippen LogP contribution in [0.25, 0.3) is 0 Å². The Hall–Kier alpha value is -0.830. The minimum atomic E-state index is 0.136. The molecular weight excluding hydrogens is 292 g/mol. The number of ketones is 1. The molecule has 1 fully saturated rings. The maximum absolute atomic E-state index is 11.8. The Morgan fingerprint density at radius 3 is 2.33 bits per heavy atom. The summed E-state index contributed by atoms with van der Waals surface area (Å²) in [4.78, 5) is 11.8. The molecule has 2 rings (SSSR count). The molecule has 1 saturated carbocycles. The number of hydrogen-bond donors (Lipinski definition) is 0. The van der Waals surface area contributed by atoms with E-state index in [0.29, 0.717) is 11.4 Å². The fourth-order valence-electron chi connectivity index (χ4n) is 2.70. The van der Waals surface area contributed by atoms with Gasteiger partial charge in [-0.05, 0) is 62.8 Å². The van der Waals surface area contributed by atoms with Gasteiger partial charge in [0.05, 0.1) is 11.4 Å². The standard InChI is InChI=1S/C15H19BrO2/c1-10-7-13(18-12-5-3-4-6-12)8-11(2)15(10)14(17)9-16/h7-8,12H,3-6,9H2,1-2H3. The average molecular weight is 311 g/mol. The van der Waals surface area contributed by atoms with Crippen LogP contribution in [0.4, 0.5) is 0 Å². The number of hydrogen-bond acceptors (Lipinski definition) is 2. The van der Waals surface area contributed by atoms with E-state index in [4.69, 9.17) is 4.74 Å². The maximum atomic E-state index is 11.8. The Balaban J connectivity index is 2.21. The highest BCUT2D eigenvalue weighted by molar-refractivity contribution is 9.09. The lowest BCUT2D eigenvalue weighted by molar-refractivity contribution is 0.102. The largest absolute Gasteiger partial charge is 0.490 e. The van der Waals surface area contributed by atoms with Gasteiger partial charge in [0, 0.05) is 5.56 Å². The topological polar surface area (TPSA) is 26.3 Å². The van der Waals surface area contributed by atoms with E-state index in [1.165, 1.54) is 12.8 Å². The van der Waals surface area contributed by atoms with Gasteiger partial charge in [0.1, 0.15) is 5.75 Å². The van der Waals surface area contributed by atoms with Gasteiger partial charge < -0.3 is 4.74 Å². The molecule has 1 aromatic rings. The summed E-state index contributed by atoms with van der Waals surface area (Å²) in [5.41, 5.74) is 2.84. The summed E-state index contributed by atoms with van der Waals surface area (Å²) in [7, 11) is 0. The lowest BCUT2D eigenvalue weighted by atomic mass is 9.99. The highest BCUT2D eigenvalue weighted by Crippen LogP contribution is 2.27. The van der Waals surface area contributed by atoms with Crippen LogP contribution in [0.1, 0.15) is 47.2 Å². The number of aryl methyl sites for hydroxylation is 2. The summed E-state index contributed by atoms with van der Waals surface area (Å²) >= 11 is 3.23. The maximum Gasteiger partial charge on any atom is 0.173 e. The third-order valence-corrected chi connectivity index (χ3v) is 4.02. The first-order valence-electron chi connectivity index (χ1n) is 6.49. The fraction of sp³-hybridized carbons (Fsp3) is 0.533. The summed E-state index contributed by atoms with van der Waals surface area (Å²) in [6.45, 7) is 3.95. The lowest BCUT2D eigenvalue weighted by Gasteiger charge is -2.16. The first-order chi connectivity index (χ1) is 8.61. The van der Waals surface area contributed by atoms with Crippen molar-refractivity contribution < 1.29 is 9.53 Å². The van der Waals surface area contributed by atoms with Gasteiger partial charge >= 0.3 is 0 Å². The van der Waals surface area contributed by atoms with E-state index in [2.05, 4.69) is 15.9 Å². The molecule has 0 unspecified atom stereocenters. The van der Waals surface area contributed by atoms with Crippen LogP contribution >= 0.6 is 15.9 Å². The molecule has 0 amide bonds. The van der Waals surface area contributed by atoms with E-state index in [9.17, 15) is 4.79 Å². The van der Waals surface area contributed by atoms with E-state index >= 15 is 0 Å². The second kappa shape index (κ2) is 5.87. The number of halogens is 1. The van der Waals surface area contributed by atoms with Crippen molar-refractivity contribution in [2.75, 3.05) is 5.33 Å².